The van der Waals surface area contributed by atoms with Gasteiger partial charge in [-0.3, -0.25) is 0 Å². The fraction of sp³-hybridized carbons (Fsp3) is 1.00. The average Bonchev–Trinajstić information content (AvgIpc) is 2.03. The van der Waals surface area contributed by atoms with E-state index >= 15 is 0 Å². The largest absolute Gasteiger partial charge is 0.342 e. The predicted molar refractivity (Wildman–Crippen MR) is 67.3 cm³/mol. The van der Waals surface area contributed by atoms with Crippen LogP contribution in [-0.4, -0.2) is 15.5 Å². The number of unbranched alkanes of at least 4 members (excludes halogenated alkanes) is 1. The predicted octanol–water partition coefficient (Wildman–Crippen LogP) is 2.61. The van der Waals surface area contributed by atoms with Gasteiger partial charge in [-0.25, -0.2) is 0 Å². The fourth-order valence-corrected chi connectivity index (χ4v) is 4.04. The molecule has 0 bridgehead atoms. The number of hydrogen-bond donors (Lipinski definition) is 4. The first-order valence-electron chi connectivity index (χ1n) is 4.76. The molecular formula is C8H21O2PS2. The molecule has 1 atom stereocenters. The molecule has 0 saturated carbocycles. The fourth-order valence-electron chi connectivity index (χ4n) is 1.14. The Balaban J connectivity index is 3.85. The molecule has 0 aliphatic rings. The minimum absolute atomic E-state index is 0.632. The second-order valence-corrected chi connectivity index (χ2v) is 10.1. The SMILES string of the molecule is CCCCC(CC)C[SH]=P(O)(O)S. The van der Waals surface area contributed by atoms with E-state index in [1.165, 1.54) is 19.3 Å². The van der Waals surface area contributed by atoms with Crippen molar-refractivity contribution in [2.24, 2.45) is 5.92 Å². The Morgan fingerprint density at radius 2 is 2.00 bits per heavy atom. The van der Waals surface area contributed by atoms with Crippen molar-refractivity contribution in [3.8, 4) is 0 Å². The van der Waals surface area contributed by atoms with E-state index in [1.54, 1.807) is 0 Å². The maximum atomic E-state index is 9.11. The van der Waals surface area contributed by atoms with Crippen LogP contribution < -0.4 is 0 Å². The lowest BCUT2D eigenvalue weighted by atomic mass is 10.0. The van der Waals surface area contributed by atoms with Crippen molar-refractivity contribution >= 4 is 28.9 Å². The third-order valence-corrected chi connectivity index (χ3v) is 5.90. The lowest BCUT2D eigenvalue weighted by Gasteiger charge is -2.13. The van der Waals surface area contributed by atoms with Crippen LogP contribution in [0.3, 0.4) is 0 Å². The molecule has 1 unspecified atom stereocenters. The van der Waals surface area contributed by atoms with Gasteiger partial charge in [-0.1, -0.05) is 45.4 Å². The first-order chi connectivity index (χ1) is 5.99. The van der Waals surface area contributed by atoms with Gasteiger partial charge in [0, 0.05) is 0 Å². The van der Waals surface area contributed by atoms with E-state index in [9.17, 15) is 0 Å². The molecule has 0 fully saturated rings. The zero-order valence-corrected chi connectivity index (χ0v) is 11.0. The monoisotopic (exact) mass is 244 g/mol. The van der Waals surface area contributed by atoms with Gasteiger partial charge >= 0.3 is 0 Å². The van der Waals surface area contributed by atoms with E-state index in [1.807, 2.05) is 0 Å². The highest BCUT2D eigenvalue weighted by Crippen LogP contribution is 2.43. The van der Waals surface area contributed by atoms with Crippen molar-refractivity contribution in [1.82, 2.24) is 0 Å². The van der Waals surface area contributed by atoms with Crippen molar-refractivity contribution < 1.29 is 9.79 Å². The Labute approximate surface area is 90.0 Å². The summed E-state index contributed by atoms with van der Waals surface area (Å²) in [5, 5.41) is 0. The highest BCUT2D eigenvalue weighted by atomic mass is 32.9. The van der Waals surface area contributed by atoms with Gasteiger partial charge in [0.25, 0.3) is 0 Å². The molecule has 0 saturated heterocycles. The van der Waals surface area contributed by atoms with Crippen LogP contribution in [0.5, 0.6) is 0 Å². The van der Waals surface area contributed by atoms with Gasteiger partial charge in [0.15, 0.2) is 5.69 Å². The van der Waals surface area contributed by atoms with Crippen LogP contribution in [0.25, 0.3) is 0 Å². The molecule has 0 spiro atoms. The molecule has 2 nitrogen and oxygen atoms in total. The Morgan fingerprint density at radius 3 is 2.38 bits per heavy atom. The topological polar surface area (TPSA) is 40.5 Å². The lowest BCUT2D eigenvalue weighted by molar-refractivity contribution is 0.495. The van der Waals surface area contributed by atoms with E-state index in [0.717, 1.165) is 12.2 Å². The summed E-state index contributed by atoms with van der Waals surface area (Å²) in [6, 6.07) is 0. The second-order valence-electron chi connectivity index (χ2n) is 3.28. The van der Waals surface area contributed by atoms with Crippen molar-refractivity contribution in [1.29, 1.82) is 0 Å². The summed E-state index contributed by atoms with van der Waals surface area (Å²) in [5.41, 5.74) is -2.85. The molecule has 13 heavy (non-hydrogen) atoms. The summed E-state index contributed by atoms with van der Waals surface area (Å²) in [7, 11) is 0.715. The Hall–Kier alpha value is 1.05. The summed E-state index contributed by atoms with van der Waals surface area (Å²) >= 11 is 3.77. The van der Waals surface area contributed by atoms with Crippen LogP contribution in [0.2, 0.25) is 0 Å². The lowest BCUT2D eigenvalue weighted by Crippen LogP contribution is -2.03. The van der Waals surface area contributed by atoms with Crippen LogP contribution in [0, 0.1) is 5.92 Å². The second kappa shape index (κ2) is 7.36. The van der Waals surface area contributed by atoms with Crippen LogP contribution in [0.4, 0.5) is 0 Å². The molecule has 0 amide bonds. The smallest absolute Gasteiger partial charge is 0.196 e. The number of hydrogen-bond acceptors (Lipinski definition) is 0. The van der Waals surface area contributed by atoms with Crippen molar-refractivity contribution in [3.05, 3.63) is 0 Å². The molecule has 0 heterocycles. The third-order valence-electron chi connectivity index (χ3n) is 2.07. The van der Waals surface area contributed by atoms with Crippen LogP contribution in [0.15, 0.2) is 0 Å². The minimum Gasteiger partial charge on any atom is -0.342 e. The molecule has 0 aromatic rings. The van der Waals surface area contributed by atoms with E-state index in [-0.39, 0.29) is 0 Å². The maximum absolute atomic E-state index is 9.11. The molecule has 0 radical (unpaired) electrons. The molecular weight excluding hydrogens is 223 g/mol. The maximum Gasteiger partial charge on any atom is 0.196 e. The van der Waals surface area contributed by atoms with Gasteiger partial charge in [0.05, 0.1) is 0 Å². The van der Waals surface area contributed by atoms with Crippen molar-refractivity contribution in [3.63, 3.8) is 0 Å². The number of rotatable bonds is 6. The first-order valence-corrected chi connectivity index (χ1v) is 9.39. The summed E-state index contributed by atoms with van der Waals surface area (Å²) in [6.07, 6.45) is 4.78. The van der Waals surface area contributed by atoms with Gasteiger partial charge in [0.2, 0.25) is 0 Å². The third kappa shape index (κ3) is 9.36. The van der Waals surface area contributed by atoms with Crippen LogP contribution in [-0.2, 0) is 10.9 Å². The van der Waals surface area contributed by atoms with Crippen molar-refractivity contribution in [2.75, 3.05) is 5.75 Å². The molecule has 0 rings (SSSR count). The van der Waals surface area contributed by atoms with Crippen LogP contribution in [0.1, 0.15) is 39.5 Å². The molecule has 5 heteroatoms. The summed E-state index contributed by atoms with van der Waals surface area (Å²) < 4.78 is 0. The summed E-state index contributed by atoms with van der Waals surface area (Å²) in [4.78, 5) is 18.2. The molecule has 2 N–H and O–H groups in total. The van der Waals surface area contributed by atoms with E-state index < -0.39 is 5.69 Å². The van der Waals surface area contributed by atoms with Crippen LogP contribution >= 0.6 is 17.9 Å². The molecule has 0 aliphatic heterocycles. The molecule has 82 valence electrons. The molecule has 0 aliphatic carbocycles. The van der Waals surface area contributed by atoms with Gasteiger partial charge in [-0.05, 0) is 18.1 Å². The summed E-state index contributed by atoms with van der Waals surface area (Å²) in [6.45, 7) is 4.33. The Kier molecular flexibility index (Phi) is 7.95. The Morgan fingerprint density at radius 1 is 1.38 bits per heavy atom. The zero-order chi connectivity index (χ0) is 10.3. The zero-order valence-electron chi connectivity index (χ0n) is 8.35. The average molecular weight is 244 g/mol. The normalized spacial score (nSPS) is 14.5. The number of thiol groups is 2. The first kappa shape index (κ1) is 14.1. The van der Waals surface area contributed by atoms with Gasteiger partial charge in [0.1, 0.15) is 0 Å². The van der Waals surface area contributed by atoms with Crippen molar-refractivity contribution in [2.45, 2.75) is 39.5 Å². The quantitative estimate of drug-likeness (QED) is 0.428. The highest BCUT2D eigenvalue weighted by molar-refractivity contribution is 8.62. The van der Waals surface area contributed by atoms with Gasteiger partial charge in [-0.15, -0.1) is 10.9 Å². The molecule has 0 aromatic carbocycles. The standard InChI is InChI=1S/C8H21O2PS2/c1-3-5-6-8(4-2)7-13-11(9,10)12/h8-10,12-13H,3-7H2,1-2H3. The Bertz CT molecular complexity index is 171. The van der Waals surface area contributed by atoms with E-state index in [0.29, 0.717) is 16.9 Å². The van der Waals surface area contributed by atoms with Gasteiger partial charge in [-0.2, -0.15) is 0 Å². The van der Waals surface area contributed by atoms with E-state index in [2.05, 4.69) is 26.1 Å². The van der Waals surface area contributed by atoms with E-state index in [4.69, 9.17) is 9.79 Å². The summed E-state index contributed by atoms with van der Waals surface area (Å²) in [5.74, 6) is 1.51. The minimum atomic E-state index is -2.85. The highest BCUT2D eigenvalue weighted by Gasteiger charge is 2.06. The van der Waals surface area contributed by atoms with Gasteiger partial charge < -0.3 is 9.79 Å². The molecule has 0 aromatic heterocycles.